The lowest BCUT2D eigenvalue weighted by molar-refractivity contribution is -0.136. The molecule has 30 heavy (non-hydrogen) atoms. The van der Waals surface area contributed by atoms with E-state index in [1.54, 1.807) is 26.2 Å². The Bertz CT molecular complexity index is 975. The number of ether oxygens (including phenoxy) is 1. The van der Waals surface area contributed by atoms with Crippen LogP contribution in [0.1, 0.15) is 31.7 Å². The van der Waals surface area contributed by atoms with Crippen molar-refractivity contribution in [2.75, 3.05) is 37.0 Å². The maximum Gasteiger partial charge on any atom is 0.278 e. The third kappa shape index (κ3) is 3.65. The van der Waals surface area contributed by atoms with Crippen LogP contribution in [0.4, 0.5) is 11.4 Å². The normalized spacial score (nSPS) is 17.0. The van der Waals surface area contributed by atoms with Crippen molar-refractivity contribution in [3.63, 3.8) is 0 Å². The van der Waals surface area contributed by atoms with Crippen molar-refractivity contribution in [2.24, 2.45) is 0 Å². The Morgan fingerprint density at radius 3 is 2.30 bits per heavy atom. The van der Waals surface area contributed by atoms with E-state index in [2.05, 4.69) is 22.3 Å². The molecule has 2 aromatic rings. The zero-order valence-corrected chi connectivity index (χ0v) is 17.5. The van der Waals surface area contributed by atoms with Crippen LogP contribution in [0.3, 0.4) is 0 Å². The van der Waals surface area contributed by atoms with Gasteiger partial charge in [0.05, 0.1) is 12.7 Å². The number of piperidine rings is 1. The molecule has 0 spiro atoms. The lowest BCUT2D eigenvalue weighted by Gasteiger charge is -2.28. The van der Waals surface area contributed by atoms with Crippen molar-refractivity contribution in [1.29, 1.82) is 0 Å². The first-order valence-corrected chi connectivity index (χ1v) is 10.5. The van der Waals surface area contributed by atoms with E-state index in [0.29, 0.717) is 23.4 Å². The molecule has 2 aliphatic heterocycles. The van der Waals surface area contributed by atoms with E-state index < -0.39 is 0 Å². The van der Waals surface area contributed by atoms with Gasteiger partial charge in [-0.2, -0.15) is 0 Å². The van der Waals surface area contributed by atoms with E-state index in [1.165, 1.54) is 29.8 Å². The minimum absolute atomic E-state index is 0.289. The van der Waals surface area contributed by atoms with Crippen molar-refractivity contribution < 1.29 is 14.3 Å². The van der Waals surface area contributed by atoms with Crippen LogP contribution >= 0.6 is 0 Å². The van der Waals surface area contributed by atoms with Gasteiger partial charge in [-0.3, -0.25) is 14.5 Å². The van der Waals surface area contributed by atoms with Gasteiger partial charge in [0.25, 0.3) is 11.8 Å². The Morgan fingerprint density at radius 1 is 0.933 bits per heavy atom. The molecule has 2 aromatic carbocycles. The molecule has 0 bridgehead atoms. The van der Waals surface area contributed by atoms with Crippen LogP contribution < -0.4 is 15.0 Å². The van der Waals surface area contributed by atoms with E-state index in [1.807, 2.05) is 24.3 Å². The molecule has 2 aliphatic rings. The van der Waals surface area contributed by atoms with E-state index in [9.17, 15) is 9.59 Å². The van der Waals surface area contributed by atoms with Crippen LogP contribution in [0.15, 0.2) is 54.2 Å². The van der Waals surface area contributed by atoms with Crippen LogP contribution in [0, 0.1) is 0 Å². The Morgan fingerprint density at radius 2 is 1.63 bits per heavy atom. The molecule has 0 aliphatic carbocycles. The summed E-state index contributed by atoms with van der Waals surface area (Å²) in [7, 11) is 1.56. The molecule has 1 saturated heterocycles. The van der Waals surface area contributed by atoms with Crippen LogP contribution in [0.5, 0.6) is 5.75 Å². The topological polar surface area (TPSA) is 61.9 Å². The summed E-state index contributed by atoms with van der Waals surface area (Å²) in [6, 6.07) is 15.3. The van der Waals surface area contributed by atoms with Crippen LogP contribution in [-0.2, 0) is 9.59 Å². The number of amides is 2. The summed E-state index contributed by atoms with van der Waals surface area (Å²) in [5.74, 6) is -0.0608. The Labute approximate surface area is 177 Å². The predicted octanol–water partition coefficient (Wildman–Crippen LogP) is 3.90. The van der Waals surface area contributed by atoms with Crippen LogP contribution in [-0.4, -0.2) is 43.5 Å². The summed E-state index contributed by atoms with van der Waals surface area (Å²) in [4.78, 5) is 29.6. The van der Waals surface area contributed by atoms with Crippen molar-refractivity contribution >= 4 is 28.8 Å². The molecule has 1 N–H and O–H groups in total. The van der Waals surface area contributed by atoms with Crippen LogP contribution in [0.2, 0.25) is 0 Å². The molecule has 156 valence electrons. The van der Waals surface area contributed by atoms with Crippen LogP contribution in [0.25, 0.3) is 5.57 Å². The molecule has 6 heteroatoms. The molecule has 2 amide bonds. The van der Waals surface area contributed by atoms with E-state index in [4.69, 9.17) is 4.74 Å². The van der Waals surface area contributed by atoms with Gasteiger partial charge < -0.3 is 15.0 Å². The van der Waals surface area contributed by atoms with E-state index in [-0.39, 0.29) is 17.5 Å². The number of rotatable bonds is 6. The SMILES string of the molecule is CCN1C(=O)C(Nc2ccc(N3CCCCC3)cc2)=C(c2ccccc2OC)C1=O. The lowest BCUT2D eigenvalue weighted by atomic mass is 10.0. The zero-order chi connectivity index (χ0) is 21.1. The number of hydrogen-bond donors (Lipinski definition) is 1. The molecule has 1 fully saturated rings. The Hall–Kier alpha value is -3.28. The molecule has 0 aromatic heterocycles. The highest BCUT2D eigenvalue weighted by Crippen LogP contribution is 2.35. The molecular weight excluding hydrogens is 378 g/mol. The lowest BCUT2D eigenvalue weighted by Crippen LogP contribution is -2.32. The molecule has 2 heterocycles. The highest BCUT2D eigenvalue weighted by molar-refractivity contribution is 6.37. The highest BCUT2D eigenvalue weighted by atomic mass is 16.5. The fourth-order valence-corrected chi connectivity index (χ4v) is 4.13. The highest BCUT2D eigenvalue weighted by Gasteiger charge is 2.39. The number of anilines is 2. The Balaban J connectivity index is 1.67. The van der Waals surface area contributed by atoms with Gasteiger partial charge >= 0.3 is 0 Å². The third-order valence-electron chi connectivity index (χ3n) is 5.72. The number of carbonyl (C=O) groups is 2. The predicted molar refractivity (Wildman–Crippen MR) is 118 cm³/mol. The number of carbonyl (C=O) groups excluding carboxylic acids is 2. The van der Waals surface area contributed by atoms with Gasteiger partial charge in [-0.25, -0.2) is 0 Å². The van der Waals surface area contributed by atoms with Gasteiger partial charge in [-0.05, 0) is 56.5 Å². The monoisotopic (exact) mass is 405 g/mol. The molecule has 0 radical (unpaired) electrons. The molecule has 4 rings (SSSR count). The Kier molecular flexibility index (Phi) is 5.74. The zero-order valence-electron chi connectivity index (χ0n) is 17.5. The van der Waals surface area contributed by atoms with Gasteiger partial charge in [0.2, 0.25) is 0 Å². The number of para-hydroxylation sites is 1. The summed E-state index contributed by atoms with van der Waals surface area (Å²) < 4.78 is 5.44. The van der Waals surface area contributed by atoms with Gasteiger partial charge in [-0.1, -0.05) is 18.2 Å². The number of likely N-dealkylation sites (N-methyl/N-ethyl adjacent to an activating group) is 1. The second-order valence-electron chi connectivity index (χ2n) is 7.52. The summed E-state index contributed by atoms with van der Waals surface area (Å²) >= 11 is 0. The maximum absolute atomic E-state index is 13.0. The van der Waals surface area contributed by atoms with Crippen molar-refractivity contribution in [1.82, 2.24) is 4.90 Å². The molecular formula is C24H27N3O3. The number of nitrogens with one attached hydrogen (secondary N) is 1. The minimum Gasteiger partial charge on any atom is -0.496 e. The first-order valence-electron chi connectivity index (χ1n) is 10.5. The third-order valence-corrected chi connectivity index (χ3v) is 5.72. The van der Waals surface area contributed by atoms with E-state index in [0.717, 1.165) is 18.8 Å². The second-order valence-corrected chi connectivity index (χ2v) is 7.52. The number of benzene rings is 2. The summed E-state index contributed by atoms with van der Waals surface area (Å²) in [5, 5.41) is 3.21. The van der Waals surface area contributed by atoms with E-state index >= 15 is 0 Å². The molecule has 0 atom stereocenters. The minimum atomic E-state index is -0.316. The molecule has 0 unspecified atom stereocenters. The van der Waals surface area contributed by atoms with Crippen molar-refractivity contribution in [2.45, 2.75) is 26.2 Å². The average Bonchev–Trinajstić information content (AvgIpc) is 3.03. The number of methoxy groups -OCH3 is 1. The average molecular weight is 405 g/mol. The summed E-state index contributed by atoms with van der Waals surface area (Å²) in [6.45, 7) is 4.27. The van der Waals surface area contributed by atoms with Gasteiger partial charge in [0.1, 0.15) is 11.4 Å². The summed E-state index contributed by atoms with van der Waals surface area (Å²) in [5.41, 5.74) is 3.21. The fourth-order valence-electron chi connectivity index (χ4n) is 4.13. The number of nitrogens with zero attached hydrogens (tertiary/aromatic N) is 2. The van der Waals surface area contributed by atoms with Gasteiger partial charge in [0, 0.05) is 36.6 Å². The van der Waals surface area contributed by atoms with Crippen molar-refractivity contribution in [3.05, 3.63) is 59.8 Å². The second kappa shape index (κ2) is 8.61. The number of imide groups is 1. The first kappa shape index (κ1) is 20.0. The smallest absolute Gasteiger partial charge is 0.278 e. The molecule has 6 nitrogen and oxygen atoms in total. The molecule has 0 saturated carbocycles. The maximum atomic E-state index is 13.0. The van der Waals surface area contributed by atoms with Crippen molar-refractivity contribution in [3.8, 4) is 5.75 Å². The van der Waals surface area contributed by atoms with Gasteiger partial charge in [-0.15, -0.1) is 0 Å². The number of hydrogen-bond acceptors (Lipinski definition) is 5. The first-order chi connectivity index (χ1) is 14.6. The fraction of sp³-hybridized carbons (Fsp3) is 0.333. The quantitative estimate of drug-likeness (QED) is 0.739. The van der Waals surface area contributed by atoms with Gasteiger partial charge in [0.15, 0.2) is 0 Å². The summed E-state index contributed by atoms with van der Waals surface area (Å²) in [6.07, 6.45) is 3.73. The largest absolute Gasteiger partial charge is 0.496 e. The standard InChI is InChI=1S/C24H27N3O3/c1-3-27-23(28)21(19-9-5-6-10-20(19)30-2)22(24(27)29)25-17-11-13-18(14-12-17)26-15-7-4-8-16-26/h5-6,9-14,25H,3-4,7-8,15-16H2,1-2H3.